The largest absolute Gasteiger partial charge is 0.342 e. The van der Waals surface area contributed by atoms with Crippen LogP contribution in [0, 0.1) is 5.92 Å². The number of imidazole rings is 1. The first-order chi connectivity index (χ1) is 11.6. The Morgan fingerprint density at radius 1 is 1.25 bits per heavy atom. The molecule has 4 nitrogen and oxygen atoms in total. The Hall–Kier alpha value is -1.84. The minimum absolute atomic E-state index is 0.230. The van der Waals surface area contributed by atoms with E-state index in [1.54, 1.807) is 0 Å². The summed E-state index contributed by atoms with van der Waals surface area (Å²) >= 11 is 0. The van der Waals surface area contributed by atoms with Gasteiger partial charge < -0.3 is 9.47 Å². The normalized spacial score (nSPS) is 18.2. The van der Waals surface area contributed by atoms with Gasteiger partial charge in [-0.1, -0.05) is 39.3 Å². The molecule has 1 saturated heterocycles. The van der Waals surface area contributed by atoms with Crippen LogP contribution in [0.3, 0.4) is 0 Å². The molecule has 2 aromatic rings. The second-order valence-corrected chi connectivity index (χ2v) is 7.39. The first-order valence-corrected chi connectivity index (χ1v) is 9.33. The molecule has 0 N–H and O–H groups in total. The predicted molar refractivity (Wildman–Crippen MR) is 98.0 cm³/mol. The predicted octanol–water partition coefficient (Wildman–Crippen LogP) is 4.20. The van der Waals surface area contributed by atoms with E-state index in [1.165, 1.54) is 5.52 Å². The topological polar surface area (TPSA) is 38.1 Å². The Morgan fingerprint density at radius 3 is 2.79 bits per heavy atom. The van der Waals surface area contributed by atoms with E-state index in [1.807, 2.05) is 11.0 Å². The standard InChI is InChI=1S/C20H29N3O/c1-4-5-11-22-14-16(13-19(22)24)20-21-17-8-6-7-9-18(17)23(20)12-10-15(2)3/h6-9,15-16H,4-5,10-14H2,1-3H3/t16-/m0/s1. The number of likely N-dealkylation sites (tertiary alicyclic amines) is 1. The maximum absolute atomic E-state index is 12.3. The van der Waals surface area contributed by atoms with Crippen molar-refractivity contribution in [2.24, 2.45) is 5.92 Å². The molecule has 130 valence electrons. The minimum atomic E-state index is 0.230. The lowest BCUT2D eigenvalue weighted by atomic mass is 10.1. The lowest BCUT2D eigenvalue weighted by Crippen LogP contribution is -2.26. The van der Waals surface area contributed by atoms with Crippen molar-refractivity contribution in [3.05, 3.63) is 30.1 Å². The molecule has 1 fully saturated rings. The first-order valence-electron chi connectivity index (χ1n) is 9.33. The van der Waals surface area contributed by atoms with Crippen LogP contribution < -0.4 is 0 Å². The van der Waals surface area contributed by atoms with Gasteiger partial charge in [-0.25, -0.2) is 4.98 Å². The lowest BCUT2D eigenvalue weighted by Gasteiger charge is -2.17. The minimum Gasteiger partial charge on any atom is -0.342 e. The molecule has 0 aliphatic carbocycles. The van der Waals surface area contributed by atoms with Crippen molar-refractivity contribution in [3.63, 3.8) is 0 Å². The third-order valence-corrected chi connectivity index (χ3v) is 4.98. The molecule has 1 amide bonds. The molecular weight excluding hydrogens is 298 g/mol. The average molecular weight is 327 g/mol. The Balaban J connectivity index is 1.88. The fourth-order valence-electron chi connectivity index (χ4n) is 3.54. The number of hydrogen-bond acceptors (Lipinski definition) is 2. The zero-order valence-electron chi connectivity index (χ0n) is 15.2. The summed E-state index contributed by atoms with van der Waals surface area (Å²) in [6.07, 6.45) is 3.95. The summed E-state index contributed by atoms with van der Waals surface area (Å²) in [4.78, 5) is 19.3. The Labute approximate surface area is 144 Å². The third-order valence-electron chi connectivity index (χ3n) is 4.98. The summed E-state index contributed by atoms with van der Waals surface area (Å²) in [5, 5.41) is 0. The van der Waals surface area contributed by atoms with E-state index in [0.717, 1.165) is 50.2 Å². The van der Waals surface area contributed by atoms with Gasteiger partial charge in [-0.05, 0) is 30.9 Å². The van der Waals surface area contributed by atoms with Crippen LogP contribution in [0.5, 0.6) is 0 Å². The van der Waals surface area contributed by atoms with E-state index < -0.39 is 0 Å². The van der Waals surface area contributed by atoms with E-state index in [4.69, 9.17) is 4.98 Å². The number of benzene rings is 1. The summed E-state index contributed by atoms with van der Waals surface area (Å²) in [7, 11) is 0. The molecule has 1 aliphatic heterocycles. The van der Waals surface area contributed by atoms with Gasteiger partial charge in [0.15, 0.2) is 0 Å². The highest BCUT2D eigenvalue weighted by atomic mass is 16.2. The smallest absolute Gasteiger partial charge is 0.223 e. The fourth-order valence-corrected chi connectivity index (χ4v) is 3.54. The van der Waals surface area contributed by atoms with Gasteiger partial charge >= 0.3 is 0 Å². The maximum atomic E-state index is 12.3. The molecule has 0 saturated carbocycles. The quantitative estimate of drug-likeness (QED) is 0.764. The van der Waals surface area contributed by atoms with Crippen molar-refractivity contribution in [1.29, 1.82) is 0 Å². The molecule has 2 heterocycles. The molecule has 0 unspecified atom stereocenters. The molecule has 4 heteroatoms. The van der Waals surface area contributed by atoms with Crippen LogP contribution in [0.25, 0.3) is 11.0 Å². The van der Waals surface area contributed by atoms with E-state index in [2.05, 4.69) is 43.5 Å². The van der Waals surface area contributed by atoms with Gasteiger partial charge in [0.1, 0.15) is 5.82 Å². The van der Waals surface area contributed by atoms with E-state index in [9.17, 15) is 4.79 Å². The van der Waals surface area contributed by atoms with E-state index in [-0.39, 0.29) is 11.8 Å². The number of hydrogen-bond donors (Lipinski definition) is 0. The number of aromatic nitrogens is 2. The molecule has 0 spiro atoms. The van der Waals surface area contributed by atoms with Crippen LogP contribution in [0.2, 0.25) is 0 Å². The number of aryl methyl sites for hydroxylation is 1. The van der Waals surface area contributed by atoms with Crippen molar-refractivity contribution < 1.29 is 4.79 Å². The summed E-state index contributed by atoms with van der Waals surface area (Å²) in [5.41, 5.74) is 2.25. The van der Waals surface area contributed by atoms with Gasteiger partial charge in [-0.3, -0.25) is 4.79 Å². The number of para-hydroxylation sites is 2. The van der Waals surface area contributed by atoms with Crippen molar-refractivity contribution in [2.75, 3.05) is 13.1 Å². The zero-order valence-corrected chi connectivity index (χ0v) is 15.2. The second-order valence-electron chi connectivity index (χ2n) is 7.39. The molecule has 0 bridgehead atoms. The number of carbonyl (C=O) groups is 1. The molecule has 1 aromatic carbocycles. The summed E-state index contributed by atoms with van der Waals surface area (Å²) in [6, 6.07) is 8.35. The first kappa shape index (κ1) is 17.0. The molecule has 24 heavy (non-hydrogen) atoms. The molecular formula is C20H29N3O. The summed E-state index contributed by atoms with van der Waals surface area (Å²) in [6.45, 7) is 9.37. The monoisotopic (exact) mass is 327 g/mol. The Kier molecular flexibility index (Phi) is 5.22. The van der Waals surface area contributed by atoms with Crippen molar-refractivity contribution in [1.82, 2.24) is 14.5 Å². The van der Waals surface area contributed by atoms with Crippen LogP contribution in [0.15, 0.2) is 24.3 Å². The number of fused-ring (bicyclic) bond motifs is 1. The van der Waals surface area contributed by atoms with Gasteiger partial charge in [0.2, 0.25) is 5.91 Å². The van der Waals surface area contributed by atoms with Gasteiger partial charge in [0.05, 0.1) is 11.0 Å². The SMILES string of the molecule is CCCCN1C[C@@H](c2nc3ccccc3n2CCC(C)C)CC1=O. The number of rotatable bonds is 7. The molecule has 3 rings (SSSR count). The van der Waals surface area contributed by atoms with Crippen LogP contribution in [-0.2, 0) is 11.3 Å². The van der Waals surface area contributed by atoms with Gasteiger partial charge in [0, 0.05) is 32.0 Å². The molecule has 1 aromatic heterocycles. The summed E-state index contributed by atoms with van der Waals surface area (Å²) in [5.74, 6) is 2.28. The highest BCUT2D eigenvalue weighted by Crippen LogP contribution is 2.31. The zero-order chi connectivity index (χ0) is 17.1. The van der Waals surface area contributed by atoms with Gasteiger partial charge in [-0.2, -0.15) is 0 Å². The Morgan fingerprint density at radius 2 is 2.04 bits per heavy atom. The fraction of sp³-hybridized carbons (Fsp3) is 0.600. The highest BCUT2D eigenvalue weighted by Gasteiger charge is 2.33. The van der Waals surface area contributed by atoms with Crippen molar-refractivity contribution in [2.45, 2.75) is 58.9 Å². The van der Waals surface area contributed by atoms with Crippen LogP contribution in [0.1, 0.15) is 58.2 Å². The molecule has 0 radical (unpaired) electrons. The summed E-state index contributed by atoms with van der Waals surface area (Å²) < 4.78 is 2.36. The van der Waals surface area contributed by atoms with Crippen LogP contribution in [-0.4, -0.2) is 33.4 Å². The van der Waals surface area contributed by atoms with E-state index >= 15 is 0 Å². The number of amides is 1. The number of nitrogens with zero attached hydrogens (tertiary/aromatic N) is 3. The van der Waals surface area contributed by atoms with E-state index in [0.29, 0.717) is 12.3 Å². The van der Waals surface area contributed by atoms with Crippen LogP contribution in [0.4, 0.5) is 0 Å². The van der Waals surface area contributed by atoms with Crippen molar-refractivity contribution >= 4 is 16.9 Å². The third kappa shape index (κ3) is 3.47. The van der Waals surface area contributed by atoms with Gasteiger partial charge in [0.25, 0.3) is 0 Å². The molecule has 1 atom stereocenters. The number of unbranched alkanes of at least 4 members (excludes halogenated alkanes) is 1. The number of carbonyl (C=O) groups excluding carboxylic acids is 1. The van der Waals surface area contributed by atoms with Gasteiger partial charge in [-0.15, -0.1) is 0 Å². The second kappa shape index (κ2) is 7.37. The Bertz CT molecular complexity index is 704. The average Bonchev–Trinajstić information content (AvgIpc) is 3.11. The van der Waals surface area contributed by atoms with Crippen molar-refractivity contribution in [3.8, 4) is 0 Å². The molecule has 1 aliphatic rings. The highest BCUT2D eigenvalue weighted by molar-refractivity contribution is 5.80. The lowest BCUT2D eigenvalue weighted by molar-refractivity contribution is -0.127. The maximum Gasteiger partial charge on any atom is 0.223 e. The van der Waals surface area contributed by atoms with Crippen LogP contribution >= 0.6 is 0 Å².